The van der Waals surface area contributed by atoms with E-state index in [4.69, 9.17) is 27.9 Å². The number of aromatic nitrogens is 1. The highest BCUT2D eigenvalue weighted by atomic mass is 35.5. The Morgan fingerprint density at radius 3 is 2.79 bits per heavy atom. The van der Waals surface area contributed by atoms with E-state index < -0.39 is 5.82 Å². The van der Waals surface area contributed by atoms with Gasteiger partial charge in [-0.1, -0.05) is 35.3 Å². The van der Waals surface area contributed by atoms with Crippen LogP contribution in [0.15, 0.2) is 47.8 Å². The number of nitrogens with zero attached hydrogens (tertiary/aromatic N) is 2. The van der Waals surface area contributed by atoms with E-state index in [-0.39, 0.29) is 24.1 Å². The molecule has 2 aromatic carbocycles. The molecule has 1 saturated carbocycles. The second kappa shape index (κ2) is 8.69. The van der Waals surface area contributed by atoms with Crippen LogP contribution >= 0.6 is 34.5 Å². The van der Waals surface area contributed by atoms with E-state index in [9.17, 15) is 9.18 Å². The quantitative estimate of drug-likeness (QED) is 0.444. The molecule has 0 unspecified atom stereocenters. The Morgan fingerprint density at radius 1 is 1.24 bits per heavy atom. The predicted molar refractivity (Wildman–Crippen MR) is 112 cm³/mol. The lowest BCUT2D eigenvalue weighted by Gasteiger charge is -2.21. The third-order valence-electron chi connectivity index (χ3n) is 4.53. The topological polar surface area (TPSA) is 42.4 Å². The molecule has 0 N–H and O–H groups in total. The number of rotatable bonds is 7. The Morgan fingerprint density at radius 2 is 2.03 bits per heavy atom. The van der Waals surface area contributed by atoms with Crippen LogP contribution < -0.4 is 4.74 Å². The molecule has 1 amide bonds. The minimum Gasteiger partial charge on any atom is -0.485 e. The third-order valence-corrected chi connectivity index (χ3v) is 5.95. The fourth-order valence-electron chi connectivity index (χ4n) is 2.93. The highest BCUT2D eigenvalue weighted by Gasteiger charge is 2.34. The van der Waals surface area contributed by atoms with Crippen molar-refractivity contribution < 1.29 is 13.9 Å². The van der Waals surface area contributed by atoms with Gasteiger partial charge in [-0.25, -0.2) is 9.37 Å². The summed E-state index contributed by atoms with van der Waals surface area (Å²) in [6.45, 7) is 0.585. The number of amides is 1. The number of ether oxygens (including phenoxy) is 1. The number of thiazole rings is 1. The molecule has 150 valence electrons. The molecule has 1 aliphatic carbocycles. The minimum atomic E-state index is -0.506. The molecule has 4 rings (SSSR count). The van der Waals surface area contributed by atoms with Crippen molar-refractivity contribution >= 4 is 40.4 Å². The van der Waals surface area contributed by atoms with Gasteiger partial charge in [0.05, 0.1) is 22.8 Å². The smallest absolute Gasteiger partial charge is 0.257 e. The maximum absolute atomic E-state index is 14.1. The molecule has 8 heteroatoms. The van der Waals surface area contributed by atoms with Crippen molar-refractivity contribution in [3.8, 4) is 5.75 Å². The normalized spacial score (nSPS) is 13.3. The molecule has 1 aromatic heterocycles. The zero-order valence-corrected chi connectivity index (χ0v) is 17.6. The molecule has 0 radical (unpaired) electrons. The molecule has 0 atom stereocenters. The molecule has 1 fully saturated rings. The summed E-state index contributed by atoms with van der Waals surface area (Å²) < 4.78 is 19.8. The van der Waals surface area contributed by atoms with Crippen LogP contribution in [-0.4, -0.2) is 21.8 Å². The lowest BCUT2D eigenvalue weighted by molar-refractivity contribution is 0.0723. The van der Waals surface area contributed by atoms with E-state index in [1.807, 2.05) is 5.38 Å². The Labute approximate surface area is 181 Å². The average molecular weight is 451 g/mol. The van der Waals surface area contributed by atoms with Gasteiger partial charge in [0.2, 0.25) is 0 Å². The van der Waals surface area contributed by atoms with Gasteiger partial charge in [-0.3, -0.25) is 4.79 Å². The molecule has 0 spiro atoms. The zero-order valence-electron chi connectivity index (χ0n) is 15.3. The van der Waals surface area contributed by atoms with Crippen molar-refractivity contribution in [2.75, 3.05) is 0 Å². The van der Waals surface area contributed by atoms with Crippen LogP contribution in [0.1, 0.15) is 33.9 Å². The fraction of sp³-hybridized carbons (Fsp3) is 0.238. The summed E-state index contributed by atoms with van der Waals surface area (Å²) in [4.78, 5) is 19.1. The van der Waals surface area contributed by atoms with Crippen LogP contribution in [0.4, 0.5) is 4.39 Å². The van der Waals surface area contributed by atoms with Gasteiger partial charge >= 0.3 is 0 Å². The van der Waals surface area contributed by atoms with Crippen LogP contribution in [0.5, 0.6) is 5.75 Å². The van der Waals surface area contributed by atoms with Crippen molar-refractivity contribution in [2.24, 2.45) is 0 Å². The maximum atomic E-state index is 14.1. The van der Waals surface area contributed by atoms with E-state index in [1.54, 1.807) is 35.2 Å². The van der Waals surface area contributed by atoms with Crippen LogP contribution in [-0.2, 0) is 13.2 Å². The van der Waals surface area contributed by atoms with Crippen molar-refractivity contribution in [2.45, 2.75) is 32.0 Å². The number of carbonyl (C=O) groups is 1. The first-order chi connectivity index (χ1) is 14.0. The number of carbonyl (C=O) groups excluding carboxylic acids is 1. The van der Waals surface area contributed by atoms with Gasteiger partial charge in [0.25, 0.3) is 5.91 Å². The molecule has 0 bridgehead atoms. The number of halogens is 3. The summed E-state index contributed by atoms with van der Waals surface area (Å²) in [5, 5.41) is 3.66. The number of benzene rings is 2. The minimum absolute atomic E-state index is 0.0915. The Hall–Kier alpha value is -2.15. The second-order valence-corrected chi connectivity index (χ2v) is 8.53. The summed E-state index contributed by atoms with van der Waals surface area (Å²) in [6.07, 6.45) is 1.85. The second-order valence-electron chi connectivity index (χ2n) is 6.74. The predicted octanol–water partition coefficient (Wildman–Crippen LogP) is 5.97. The highest BCUT2D eigenvalue weighted by Crippen LogP contribution is 2.31. The summed E-state index contributed by atoms with van der Waals surface area (Å²) in [5.41, 5.74) is 0.844. The molecular formula is C21H17Cl2FN2O2S. The van der Waals surface area contributed by atoms with Crippen molar-refractivity contribution in [3.05, 3.63) is 80.0 Å². The molecule has 4 nitrogen and oxygen atoms in total. The number of hydrogen-bond acceptors (Lipinski definition) is 4. The van der Waals surface area contributed by atoms with Crippen LogP contribution in [0, 0.1) is 5.82 Å². The maximum Gasteiger partial charge on any atom is 0.257 e. The molecule has 0 aliphatic heterocycles. The lowest BCUT2D eigenvalue weighted by atomic mass is 10.2. The Bertz CT molecular complexity index is 1040. The first-order valence-corrected chi connectivity index (χ1v) is 10.7. The Balaban J connectivity index is 1.44. The summed E-state index contributed by atoms with van der Waals surface area (Å²) >= 11 is 13.5. The zero-order chi connectivity index (χ0) is 20.4. The van der Waals surface area contributed by atoms with Gasteiger partial charge < -0.3 is 9.64 Å². The lowest BCUT2D eigenvalue weighted by Crippen LogP contribution is -2.33. The van der Waals surface area contributed by atoms with Gasteiger partial charge in [-0.15, -0.1) is 11.3 Å². The van der Waals surface area contributed by atoms with E-state index >= 15 is 0 Å². The molecule has 29 heavy (non-hydrogen) atoms. The largest absolute Gasteiger partial charge is 0.485 e. The average Bonchev–Trinajstić information content (AvgIpc) is 3.45. The highest BCUT2D eigenvalue weighted by molar-refractivity contribution is 7.09. The summed E-state index contributed by atoms with van der Waals surface area (Å²) in [6, 6.07) is 11.2. The van der Waals surface area contributed by atoms with Crippen LogP contribution in [0.3, 0.4) is 0 Å². The van der Waals surface area contributed by atoms with Gasteiger partial charge in [-0.05, 0) is 37.1 Å². The first-order valence-electron chi connectivity index (χ1n) is 9.08. The van der Waals surface area contributed by atoms with Gasteiger partial charge in [0.1, 0.15) is 23.2 Å². The van der Waals surface area contributed by atoms with Gasteiger partial charge in [0, 0.05) is 22.5 Å². The SMILES string of the molecule is O=C(c1ccccc1F)N(Cc1csc(COc2cc(Cl)ccc2Cl)n1)C1CC1. The van der Waals surface area contributed by atoms with Crippen LogP contribution in [0.2, 0.25) is 10.0 Å². The monoisotopic (exact) mass is 450 g/mol. The molecule has 3 aromatic rings. The first kappa shape index (κ1) is 20.1. The fourth-order valence-corrected chi connectivity index (χ4v) is 3.96. The van der Waals surface area contributed by atoms with E-state index in [0.29, 0.717) is 22.3 Å². The van der Waals surface area contributed by atoms with Crippen molar-refractivity contribution in [1.82, 2.24) is 9.88 Å². The summed E-state index contributed by atoms with van der Waals surface area (Å²) in [7, 11) is 0. The van der Waals surface area contributed by atoms with E-state index in [2.05, 4.69) is 4.98 Å². The molecule has 1 aliphatic rings. The number of hydrogen-bond donors (Lipinski definition) is 0. The van der Waals surface area contributed by atoms with Gasteiger partial charge in [0.15, 0.2) is 0 Å². The summed E-state index contributed by atoms with van der Waals surface area (Å²) in [5.74, 6) is -0.318. The van der Waals surface area contributed by atoms with Crippen molar-refractivity contribution in [3.63, 3.8) is 0 Å². The standard InChI is InChI=1S/C21H17Cl2FN2O2S/c22-13-5-8-17(23)19(9-13)28-11-20-25-14(12-29-20)10-26(15-6-7-15)21(27)16-3-1-2-4-18(16)24/h1-5,8-9,12,15H,6-7,10-11H2. The third kappa shape index (κ3) is 4.89. The van der Waals surface area contributed by atoms with E-state index in [1.165, 1.54) is 23.5 Å². The van der Waals surface area contributed by atoms with Crippen LogP contribution in [0.25, 0.3) is 0 Å². The molecule has 1 heterocycles. The van der Waals surface area contributed by atoms with E-state index in [0.717, 1.165) is 23.5 Å². The molecular weight excluding hydrogens is 434 g/mol. The molecule has 0 saturated heterocycles. The van der Waals surface area contributed by atoms with Gasteiger partial charge in [-0.2, -0.15) is 0 Å². The Kier molecular flexibility index (Phi) is 6.04. The van der Waals surface area contributed by atoms with Crippen molar-refractivity contribution in [1.29, 1.82) is 0 Å².